The van der Waals surface area contributed by atoms with Crippen LogP contribution in [-0.2, 0) is 14.8 Å². The van der Waals surface area contributed by atoms with E-state index in [0.717, 1.165) is 14.7 Å². The lowest BCUT2D eigenvalue weighted by Crippen LogP contribution is -2.39. The Labute approximate surface area is 191 Å². The Kier molecular flexibility index (Phi) is 7.49. The molecule has 1 heterocycles. The molecule has 0 unspecified atom stereocenters. The average Bonchev–Trinajstić information content (AvgIpc) is 3.22. The number of methoxy groups -OCH3 is 2. The van der Waals surface area contributed by atoms with E-state index in [1.54, 1.807) is 30.3 Å². The Morgan fingerprint density at radius 2 is 1.88 bits per heavy atom. The third-order valence-electron chi connectivity index (χ3n) is 4.55. The van der Waals surface area contributed by atoms with Crippen LogP contribution >= 0.6 is 11.3 Å². The minimum atomic E-state index is -4.07. The quantitative estimate of drug-likeness (QED) is 0.379. The van der Waals surface area contributed by atoms with Crippen LogP contribution in [0.5, 0.6) is 11.5 Å². The first-order chi connectivity index (χ1) is 15.4. The first-order valence-electron chi connectivity index (χ1n) is 9.52. The zero-order valence-electron chi connectivity index (χ0n) is 17.8. The van der Waals surface area contributed by atoms with Gasteiger partial charge in [0, 0.05) is 10.9 Å². The lowest BCUT2D eigenvalue weighted by Gasteiger charge is -2.25. The van der Waals surface area contributed by atoms with Gasteiger partial charge < -0.3 is 9.47 Å². The van der Waals surface area contributed by atoms with E-state index in [-0.39, 0.29) is 16.3 Å². The number of aryl methyl sites for hydroxylation is 1. The van der Waals surface area contributed by atoms with Crippen molar-refractivity contribution in [1.82, 2.24) is 5.43 Å². The van der Waals surface area contributed by atoms with Crippen LogP contribution in [0.2, 0.25) is 0 Å². The van der Waals surface area contributed by atoms with E-state index in [2.05, 4.69) is 10.5 Å². The van der Waals surface area contributed by atoms with Crippen molar-refractivity contribution >= 4 is 39.2 Å². The van der Waals surface area contributed by atoms with Crippen LogP contribution in [0.3, 0.4) is 0 Å². The summed E-state index contributed by atoms with van der Waals surface area (Å²) in [6, 6.07) is 14.5. The number of anilines is 1. The molecule has 0 atom stereocenters. The first-order valence-corrected chi connectivity index (χ1v) is 11.8. The van der Waals surface area contributed by atoms with Crippen LogP contribution in [0.4, 0.5) is 5.69 Å². The smallest absolute Gasteiger partial charge is 0.264 e. The van der Waals surface area contributed by atoms with Gasteiger partial charge in [0.2, 0.25) is 0 Å². The van der Waals surface area contributed by atoms with Gasteiger partial charge in [0.1, 0.15) is 18.0 Å². The number of ether oxygens (including phenoxy) is 2. The van der Waals surface area contributed by atoms with E-state index >= 15 is 0 Å². The average molecular weight is 474 g/mol. The van der Waals surface area contributed by atoms with E-state index in [1.807, 2.05) is 18.4 Å². The van der Waals surface area contributed by atoms with Gasteiger partial charge in [0.05, 0.1) is 31.0 Å². The second-order valence-corrected chi connectivity index (χ2v) is 9.43. The van der Waals surface area contributed by atoms with Crippen LogP contribution in [0.15, 0.2) is 70.0 Å². The number of amides is 1. The minimum absolute atomic E-state index is 0.0448. The number of carbonyl (C=O) groups is 1. The van der Waals surface area contributed by atoms with Crippen molar-refractivity contribution in [3.05, 3.63) is 70.4 Å². The van der Waals surface area contributed by atoms with Gasteiger partial charge in [0.15, 0.2) is 0 Å². The molecule has 0 fully saturated rings. The summed E-state index contributed by atoms with van der Waals surface area (Å²) in [6.07, 6.45) is 1.53. The highest BCUT2D eigenvalue weighted by Crippen LogP contribution is 2.35. The van der Waals surface area contributed by atoms with Crippen molar-refractivity contribution in [2.45, 2.75) is 11.8 Å². The fraction of sp³-hybridized carbons (Fsp3) is 0.182. The van der Waals surface area contributed by atoms with E-state index < -0.39 is 22.5 Å². The zero-order valence-corrected chi connectivity index (χ0v) is 19.4. The highest BCUT2D eigenvalue weighted by molar-refractivity contribution is 7.92. The Hall–Kier alpha value is -3.37. The third kappa shape index (κ3) is 5.27. The number of hydrazone groups is 1. The zero-order chi connectivity index (χ0) is 23.1. The van der Waals surface area contributed by atoms with Crippen LogP contribution in [0.1, 0.15) is 10.4 Å². The predicted octanol–water partition coefficient (Wildman–Crippen LogP) is 3.42. The molecule has 0 aliphatic carbocycles. The van der Waals surface area contributed by atoms with Crippen LogP contribution in [0.25, 0.3) is 0 Å². The molecule has 0 aliphatic heterocycles. The number of rotatable bonds is 9. The maximum absolute atomic E-state index is 13.4. The summed E-state index contributed by atoms with van der Waals surface area (Å²) in [5.41, 5.74) is 3.63. The summed E-state index contributed by atoms with van der Waals surface area (Å²) in [7, 11) is -1.16. The molecule has 8 nitrogen and oxygen atoms in total. The van der Waals surface area contributed by atoms with Crippen molar-refractivity contribution in [1.29, 1.82) is 0 Å². The number of thiophene rings is 1. The van der Waals surface area contributed by atoms with Crippen molar-refractivity contribution in [3.63, 3.8) is 0 Å². The van der Waals surface area contributed by atoms with Gasteiger partial charge in [-0.05, 0) is 48.2 Å². The van der Waals surface area contributed by atoms with Crippen LogP contribution < -0.4 is 19.2 Å². The van der Waals surface area contributed by atoms with Gasteiger partial charge in [-0.2, -0.15) is 5.10 Å². The number of sulfonamides is 1. The summed E-state index contributed by atoms with van der Waals surface area (Å²) < 4.78 is 38.4. The minimum Gasteiger partial charge on any atom is -0.497 e. The van der Waals surface area contributed by atoms with Crippen LogP contribution in [0, 0.1) is 6.92 Å². The maximum atomic E-state index is 13.4. The molecular formula is C22H23N3O5S2. The Balaban J connectivity index is 1.93. The fourth-order valence-electron chi connectivity index (χ4n) is 2.86. The number of carbonyl (C=O) groups excluding carboxylic acids is 1. The molecule has 10 heteroatoms. The molecule has 0 saturated heterocycles. The van der Waals surface area contributed by atoms with Gasteiger partial charge >= 0.3 is 0 Å². The molecule has 0 saturated carbocycles. The molecule has 1 aromatic heterocycles. The first kappa shape index (κ1) is 23.3. The normalized spacial score (nSPS) is 11.3. The molecule has 1 amide bonds. The maximum Gasteiger partial charge on any atom is 0.264 e. The van der Waals surface area contributed by atoms with Gasteiger partial charge in [-0.1, -0.05) is 18.2 Å². The third-order valence-corrected chi connectivity index (χ3v) is 7.27. The molecule has 0 spiro atoms. The summed E-state index contributed by atoms with van der Waals surface area (Å²) in [5, 5.41) is 5.88. The SMILES string of the molecule is COc1ccc(N(CC(=O)N/N=C\c2sccc2C)S(=O)(=O)c2ccccc2)c(OC)c1. The Bertz CT molecular complexity index is 1210. The molecule has 3 rings (SSSR count). The molecular weight excluding hydrogens is 450 g/mol. The van der Waals surface area contributed by atoms with Gasteiger partial charge in [-0.3, -0.25) is 9.10 Å². The Morgan fingerprint density at radius 3 is 2.50 bits per heavy atom. The van der Waals surface area contributed by atoms with E-state index in [1.165, 1.54) is 50.0 Å². The van der Waals surface area contributed by atoms with Crippen molar-refractivity contribution in [2.75, 3.05) is 25.1 Å². The lowest BCUT2D eigenvalue weighted by atomic mass is 10.2. The van der Waals surface area contributed by atoms with Gasteiger partial charge in [0.25, 0.3) is 15.9 Å². The highest BCUT2D eigenvalue weighted by Gasteiger charge is 2.29. The second-order valence-electron chi connectivity index (χ2n) is 6.62. The van der Waals surface area contributed by atoms with Crippen LogP contribution in [-0.4, -0.2) is 41.3 Å². The number of hydrogen-bond donors (Lipinski definition) is 1. The monoisotopic (exact) mass is 473 g/mol. The molecule has 1 N–H and O–H groups in total. The predicted molar refractivity (Wildman–Crippen MR) is 125 cm³/mol. The molecule has 0 aliphatic rings. The van der Waals surface area contributed by atoms with Gasteiger partial charge in [-0.15, -0.1) is 11.3 Å². The second kappa shape index (κ2) is 10.3. The molecule has 3 aromatic rings. The number of benzene rings is 2. The fourth-order valence-corrected chi connectivity index (χ4v) is 5.09. The molecule has 2 aromatic carbocycles. The largest absolute Gasteiger partial charge is 0.497 e. The van der Waals surface area contributed by atoms with Crippen molar-refractivity contribution < 1.29 is 22.7 Å². The van der Waals surface area contributed by atoms with Gasteiger partial charge in [-0.25, -0.2) is 13.8 Å². The van der Waals surface area contributed by atoms with E-state index in [9.17, 15) is 13.2 Å². The summed E-state index contributed by atoms with van der Waals surface area (Å²) >= 11 is 1.49. The number of nitrogens with one attached hydrogen (secondary N) is 1. The summed E-state index contributed by atoms with van der Waals surface area (Å²) in [6.45, 7) is 1.43. The number of hydrogen-bond acceptors (Lipinski definition) is 7. The highest BCUT2D eigenvalue weighted by atomic mass is 32.2. The molecule has 0 bridgehead atoms. The summed E-state index contributed by atoms with van der Waals surface area (Å²) in [5.74, 6) is 0.130. The van der Waals surface area contributed by atoms with Crippen molar-refractivity contribution in [3.8, 4) is 11.5 Å². The van der Waals surface area contributed by atoms with E-state index in [0.29, 0.717) is 5.75 Å². The summed E-state index contributed by atoms with van der Waals surface area (Å²) in [4.78, 5) is 13.6. The Morgan fingerprint density at radius 1 is 1.12 bits per heavy atom. The lowest BCUT2D eigenvalue weighted by molar-refractivity contribution is -0.119. The number of nitrogens with zero attached hydrogens (tertiary/aromatic N) is 2. The topological polar surface area (TPSA) is 97.3 Å². The molecule has 0 radical (unpaired) electrons. The molecule has 32 heavy (non-hydrogen) atoms. The standard InChI is InChI=1S/C22H23N3O5S2/c1-16-11-12-31-21(16)14-23-24-22(26)15-25(32(27,28)18-7-5-4-6-8-18)19-10-9-17(29-2)13-20(19)30-3/h4-14H,15H2,1-3H3,(H,24,26)/b23-14-. The molecule has 168 valence electrons. The van der Waals surface area contributed by atoms with Crippen molar-refractivity contribution in [2.24, 2.45) is 5.10 Å². The van der Waals surface area contributed by atoms with E-state index in [4.69, 9.17) is 9.47 Å².